The van der Waals surface area contributed by atoms with Gasteiger partial charge in [-0.2, -0.15) is 5.10 Å². The fourth-order valence-electron chi connectivity index (χ4n) is 5.30. The number of rotatable bonds is 7. The van der Waals surface area contributed by atoms with Gasteiger partial charge in [0.05, 0.1) is 17.9 Å². The molecule has 1 aliphatic rings. The summed E-state index contributed by atoms with van der Waals surface area (Å²) in [5, 5.41) is 9.10. The number of nitrogens with two attached hydrogens (primary N) is 1. The normalized spacial score (nSPS) is 15.2. The second kappa shape index (κ2) is 9.98. The van der Waals surface area contributed by atoms with E-state index in [0.29, 0.717) is 12.5 Å². The van der Waals surface area contributed by atoms with Crippen LogP contribution in [0.25, 0.3) is 22.3 Å². The number of piperidine rings is 1. The van der Waals surface area contributed by atoms with Crippen LogP contribution in [0.2, 0.25) is 0 Å². The highest BCUT2D eigenvalue weighted by atomic mass is 15.3. The second-order valence-corrected chi connectivity index (χ2v) is 9.46. The molecule has 0 amide bonds. The van der Waals surface area contributed by atoms with Crippen LogP contribution in [0.1, 0.15) is 24.4 Å². The van der Waals surface area contributed by atoms with Crippen LogP contribution in [0.4, 0.5) is 17.3 Å². The molecule has 0 aliphatic carbocycles. The van der Waals surface area contributed by atoms with Crippen LogP contribution in [0.15, 0.2) is 67.6 Å². The summed E-state index contributed by atoms with van der Waals surface area (Å²) in [7, 11) is 0. The summed E-state index contributed by atoms with van der Waals surface area (Å²) < 4.78 is 2.02. The zero-order valence-corrected chi connectivity index (χ0v) is 20.7. The van der Waals surface area contributed by atoms with Crippen LogP contribution in [0.3, 0.4) is 0 Å². The number of hydrogen-bond donors (Lipinski definition) is 3. The number of anilines is 3. The lowest BCUT2D eigenvalue weighted by Crippen LogP contribution is -2.39. The molecule has 1 unspecified atom stereocenters. The molecule has 0 bridgehead atoms. The molecule has 1 atom stereocenters. The van der Waals surface area contributed by atoms with Crippen molar-refractivity contribution in [2.75, 3.05) is 29.9 Å². The van der Waals surface area contributed by atoms with Crippen molar-refractivity contribution in [3.05, 3.63) is 73.2 Å². The average Bonchev–Trinajstić information content (AvgIpc) is 3.62. The van der Waals surface area contributed by atoms with Gasteiger partial charge in [0.25, 0.3) is 0 Å². The van der Waals surface area contributed by atoms with E-state index >= 15 is 0 Å². The van der Waals surface area contributed by atoms with Gasteiger partial charge >= 0.3 is 0 Å². The molecule has 0 saturated carbocycles. The van der Waals surface area contributed by atoms with Crippen molar-refractivity contribution in [3.8, 4) is 11.3 Å². The molecule has 0 spiro atoms. The monoisotopic (exact) mass is 494 g/mol. The molecule has 4 aromatic heterocycles. The number of nitrogens with zero attached hydrogens (tertiary/aromatic N) is 7. The van der Waals surface area contributed by atoms with Crippen molar-refractivity contribution in [1.29, 1.82) is 0 Å². The van der Waals surface area contributed by atoms with E-state index in [-0.39, 0.29) is 6.04 Å². The molecular formula is C27H30N10. The lowest BCUT2D eigenvalue weighted by Gasteiger charge is -2.37. The maximum atomic E-state index is 6.29. The number of aromatic nitrogens is 7. The second-order valence-electron chi connectivity index (χ2n) is 9.46. The summed E-state index contributed by atoms with van der Waals surface area (Å²) >= 11 is 0. The first-order chi connectivity index (χ1) is 18.2. The van der Waals surface area contributed by atoms with E-state index in [1.165, 1.54) is 0 Å². The Balaban J connectivity index is 1.16. The molecule has 37 heavy (non-hydrogen) atoms. The Labute approximate surface area is 215 Å². The largest absolute Gasteiger partial charge is 0.356 e. The van der Waals surface area contributed by atoms with E-state index in [9.17, 15) is 0 Å². The van der Waals surface area contributed by atoms with Gasteiger partial charge in [-0.25, -0.2) is 19.9 Å². The van der Waals surface area contributed by atoms with E-state index < -0.39 is 0 Å². The highest BCUT2D eigenvalue weighted by Crippen LogP contribution is 2.33. The van der Waals surface area contributed by atoms with Crippen LogP contribution in [0.5, 0.6) is 0 Å². The summed E-state index contributed by atoms with van der Waals surface area (Å²) in [6.45, 7) is 4.43. The van der Waals surface area contributed by atoms with Gasteiger partial charge in [0.15, 0.2) is 0 Å². The number of hydrogen-bond acceptors (Lipinski definition) is 8. The highest BCUT2D eigenvalue weighted by Gasteiger charge is 2.29. The van der Waals surface area contributed by atoms with Gasteiger partial charge in [-0.15, -0.1) is 0 Å². The Morgan fingerprint density at radius 1 is 1.05 bits per heavy atom. The Morgan fingerprint density at radius 2 is 1.86 bits per heavy atom. The van der Waals surface area contributed by atoms with Gasteiger partial charge in [-0.1, -0.05) is 18.2 Å². The zero-order valence-electron chi connectivity index (χ0n) is 20.7. The smallest absolute Gasteiger partial charge is 0.141 e. The highest BCUT2D eigenvalue weighted by molar-refractivity contribution is 5.90. The standard InChI is InChI=1S/C27H30N10/c1-18-25(35-21-5-3-2-4-6-21)31-17-33-27(18)36-11-8-19(9-12-36)23(13-28)37-15-20(14-34-37)24-22-7-10-29-26(22)32-16-30-24/h2-7,10,14-17,19,23H,8-9,11-13,28H2,1H3,(H,29,30,32)(H,31,33,35). The van der Waals surface area contributed by atoms with Gasteiger partial charge in [0.1, 0.15) is 29.9 Å². The van der Waals surface area contributed by atoms with E-state index in [0.717, 1.165) is 71.1 Å². The Kier molecular flexibility index (Phi) is 6.23. The van der Waals surface area contributed by atoms with Crippen LogP contribution in [0, 0.1) is 12.8 Å². The van der Waals surface area contributed by atoms with Gasteiger partial charge in [0, 0.05) is 54.2 Å². The number of fused-ring (bicyclic) bond motifs is 1. The third-order valence-corrected chi connectivity index (χ3v) is 7.29. The Bertz CT molecular complexity index is 1480. The first-order valence-electron chi connectivity index (χ1n) is 12.6. The average molecular weight is 495 g/mol. The molecule has 10 nitrogen and oxygen atoms in total. The fourth-order valence-corrected chi connectivity index (χ4v) is 5.30. The first-order valence-corrected chi connectivity index (χ1v) is 12.6. The molecule has 0 radical (unpaired) electrons. The van der Waals surface area contributed by atoms with Crippen molar-refractivity contribution >= 4 is 28.4 Å². The molecule has 10 heteroatoms. The summed E-state index contributed by atoms with van der Waals surface area (Å²) in [5.41, 5.74) is 11.0. The van der Waals surface area contributed by atoms with E-state index in [2.05, 4.69) is 48.3 Å². The summed E-state index contributed by atoms with van der Waals surface area (Å²) in [6.07, 6.45) is 11.1. The number of aromatic amines is 1. The molecule has 1 saturated heterocycles. The molecule has 1 aromatic carbocycles. The minimum atomic E-state index is 0.126. The molecule has 6 rings (SSSR count). The Hall–Kier alpha value is -4.31. The van der Waals surface area contributed by atoms with Crippen molar-refractivity contribution in [1.82, 2.24) is 34.7 Å². The van der Waals surface area contributed by atoms with Gasteiger partial charge in [0.2, 0.25) is 0 Å². The van der Waals surface area contributed by atoms with E-state index in [1.54, 1.807) is 12.7 Å². The first kappa shape index (κ1) is 23.1. The van der Waals surface area contributed by atoms with Crippen LogP contribution >= 0.6 is 0 Å². The van der Waals surface area contributed by atoms with Crippen molar-refractivity contribution in [2.45, 2.75) is 25.8 Å². The van der Waals surface area contributed by atoms with Crippen LogP contribution in [-0.4, -0.2) is 54.3 Å². The maximum absolute atomic E-state index is 6.29. The third kappa shape index (κ3) is 4.51. The minimum Gasteiger partial charge on any atom is -0.356 e. The van der Waals surface area contributed by atoms with Gasteiger partial charge < -0.3 is 20.9 Å². The molecule has 1 fully saturated rings. The number of benzene rings is 1. The van der Waals surface area contributed by atoms with Crippen molar-refractivity contribution in [2.24, 2.45) is 11.7 Å². The lowest BCUT2D eigenvalue weighted by molar-refractivity contribution is 0.262. The number of nitrogens with one attached hydrogen (secondary N) is 2. The molecule has 5 heterocycles. The summed E-state index contributed by atoms with van der Waals surface area (Å²) in [4.78, 5) is 23.4. The Morgan fingerprint density at radius 3 is 2.68 bits per heavy atom. The predicted molar refractivity (Wildman–Crippen MR) is 145 cm³/mol. The topological polar surface area (TPSA) is 126 Å². The molecule has 5 aromatic rings. The summed E-state index contributed by atoms with van der Waals surface area (Å²) in [6, 6.07) is 12.2. The summed E-state index contributed by atoms with van der Waals surface area (Å²) in [5.74, 6) is 2.25. The zero-order chi connectivity index (χ0) is 25.2. The molecule has 188 valence electrons. The van der Waals surface area contributed by atoms with Crippen LogP contribution in [-0.2, 0) is 0 Å². The van der Waals surface area contributed by atoms with Crippen molar-refractivity contribution < 1.29 is 0 Å². The maximum Gasteiger partial charge on any atom is 0.141 e. The number of para-hydroxylation sites is 1. The lowest BCUT2D eigenvalue weighted by atomic mass is 9.89. The van der Waals surface area contributed by atoms with Crippen LogP contribution < -0.4 is 16.0 Å². The SMILES string of the molecule is Cc1c(Nc2ccccc2)ncnc1N1CCC(C(CN)n2cc(-c3ncnc4[nH]ccc34)cn2)CC1. The van der Waals surface area contributed by atoms with Gasteiger partial charge in [-0.3, -0.25) is 4.68 Å². The number of H-pyrrole nitrogens is 1. The molecular weight excluding hydrogens is 464 g/mol. The van der Waals surface area contributed by atoms with Crippen molar-refractivity contribution in [3.63, 3.8) is 0 Å². The fraction of sp³-hybridized carbons (Fsp3) is 0.296. The van der Waals surface area contributed by atoms with E-state index in [4.69, 9.17) is 10.8 Å². The van der Waals surface area contributed by atoms with Gasteiger partial charge in [-0.05, 0) is 43.9 Å². The molecule has 1 aliphatic heterocycles. The van der Waals surface area contributed by atoms with E-state index in [1.807, 2.05) is 53.5 Å². The minimum absolute atomic E-state index is 0.126. The third-order valence-electron chi connectivity index (χ3n) is 7.29. The molecule has 4 N–H and O–H groups in total. The predicted octanol–water partition coefficient (Wildman–Crippen LogP) is 4.08. The quantitative estimate of drug-likeness (QED) is 0.309.